The van der Waals surface area contributed by atoms with Crippen LogP contribution in [-0.2, 0) is 60.6 Å². The van der Waals surface area contributed by atoms with Crippen molar-refractivity contribution in [2.75, 3.05) is 26.4 Å². The predicted molar refractivity (Wildman–Crippen MR) is 303 cm³/mol. The Morgan fingerprint density at radius 2 is 0.878 bits per heavy atom. The predicted octanol–water partition coefficient (Wildman–Crippen LogP) is 11.5. The molecule has 0 saturated heterocycles. The first-order valence-electron chi connectivity index (χ1n) is 28.8. The van der Waals surface area contributed by atoms with Gasteiger partial charge in [-0.1, -0.05) is 61.7 Å². The van der Waals surface area contributed by atoms with Gasteiger partial charge in [-0.05, 0) is 163 Å². The highest BCUT2D eigenvalue weighted by Crippen LogP contribution is 2.41. The molecule has 432 valence electrons. The first kappa shape index (κ1) is 59.9. The molecule has 2 saturated carbocycles. The van der Waals surface area contributed by atoms with Crippen molar-refractivity contribution in [1.82, 2.24) is 9.97 Å². The fourth-order valence-corrected chi connectivity index (χ4v) is 10.3. The van der Waals surface area contributed by atoms with E-state index in [9.17, 15) is 33.6 Å². The molecule has 17 heteroatoms. The SMILES string of the molecule is C=CC(=O)OCCCCCCOc1ccc(CCC(=O)O[C@H]2CC[C@H](C(=O)Oc3ccc(OC(=O)[C@H]4CC[C@H](OC(=O)CCc5ccc(OCCCCCCOC(=O)C=C)cc5)CC4)c4nc5c(nc34)C(=O)c3ccccc3-5)CC2)cc1. The van der Waals surface area contributed by atoms with Gasteiger partial charge in [0.05, 0.1) is 38.3 Å². The van der Waals surface area contributed by atoms with Crippen LogP contribution in [0.5, 0.6) is 23.0 Å². The van der Waals surface area contributed by atoms with Crippen LogP contribution >= 0.6 is 0 Å². The summed E-state index contributed by atoms with van der Waals surface area (Å²) in [6.07, 6.45) is 13.9. The van der Waals surface area contributed by atoms with Crippen LogP contribution in [0.2, 0.25) is 0 Å². The molecule has 3 aliphatic carbocycles. The molecule has 5 aromatic rings. The molecule has 2 fully saturated rings. The minimum absolute atomic E-state index is 0.0689. The summed E-state index contributed by atoms with van der Waals surface area (Å²) in [4.78, 5) is 98.9. The topological polar surface area (TPSA) is 219 Å². The first-order chi connectivity index (χ1) is 39.9. The molecule has 0 bridgehead atoms. The maximum absolute atomic E-state index is 13.8. The van der Waals surface area contributed by atoms with Crippen molar-refractivity contribution < 1.29 is 71.5 Å². The fraction of sp³-hybridized carbons (Fsp3) is 0.431. The molecule has 17 nitrogen and oxygen atoms in total. The number of esters is 6. The van der Waals surface area contributed by atoms with Crippen LogP contribution in [0, 0.1) is 11.8 Å². The molecular weight excluding hydrogens is 1050 g/mol. The molecule has 3 aliphatic rings. The van der Waals surface area contributed by atoms with Crippen LogP contribution in [-0.4, -0.2) is 90.2 Å². The number of ether oxygens (including phenoxy) is 8. The van der Waals surface area contributed by atoms with Gasteiger partial charge in [0.1, 0.15) is 46.1 Å². The van der Waals surface area contributed by atoms with E-state index in [0.29, 0.717) is 107 Å². The Labute approximate surface area is 478 Å². The normalized spacial score (nSPS) is 17.1. The smallest absolute Gasteiger partial charge is 0.330 e. The van der Waals surface area contributed by atoms with Crippen molar-refractivity contribution in [3.63, 3.8) is 0 Å². The fourth-order valence-electron chi connectivity index (χ4n) is 10.3. The Kier molecular flexibility index (Phi) is 22.3. The number of nitrogens with zero attached hydrogens (tertiary/aromatic N) is 2. The van der Waals surface area contributed by atoms with Gasteiger partial charge >= 0.3 is 35.8 Å². The second kappa shape index (κ2) is 30.6. The van der Waals surface area contributed by atoms with E-state index in [2.05, 4.69) is 13.2 Å². The average molecular weight is 1120 g/mol. The Morgan fingerprint density at radius 1 is 0.476 bits per heavy atom. The molecule has 0 amide bonds. The van der Waals surface area contributed by atoms with E-state index in [4.69, 9.17) is 47.9 Å². The summed E-state index contributed by atoms with van der Waals surface area (Å²) in [6, 6.07) is 25.4. The van der Waals surface area contributed by atoms with Gasteiger partial charge in [-0.2, -0.15) is 0 Å². The van der Waals surface area contributed by atoms with Crippen LogP contribution in [0.1, 0.15) is 143 Å². The molecule has 0 N–H and O–H groups in total. The third-order valence-electron chi connectivity index (χ3n) is 14.9. The van der Waals surface area contributed by atoms with Crippen LogP contribution in [0.15, 0.2) is 110 Å². The number of unbranched alkanes of at least 4 members (excludes halogenated alkanes) is 6. The van der Waals surface area contributed by atoms with Gasteiger partial charge in [0.15, 0.2) is 11.5 Å². The Morgan fingerprint density at radius 3 is 1.30 bits per heavy atom. The number of carbonyl (C=O) groups excluding carboxylic acids is 7. The number of carbonyl (C=O) groups is 7. The third kappa shape index (κ3) is 17.4. The summed E-state index contributed by atoms with van der Waals surface area (Å²) in [5.74, 6) is -2.01. The standard InChI is InChI=1S/C65H72N2O15/c1-3-55(68)77-41-13-7-5-11-39-75-47-27-17-43(18-28-47)21-37-57(70)79-49-31-23-45(24-32-49)64(73)81-53-35-36-54(61-60(53)66-59-51-15-9-10-16-52(51)63(72)62(59)67-61)82-65(74)46-25-33-50(34-26-46)80-58(71)38-22-44-19-29-48(30-20-44)76-40-12-6-8-14-42-78-56(69)4-2/h3-4,9-10,15-20,27-30,35-36,45-46,49-50H,1-2,5-8,11-14,21-26,31-34,37-42H2/t45-,46-,49-,50-. The van der Waals surface area contributed by atoms with E-state index < -0.39 is 35.7 Å². The number of benzene rings is 4. The van der Waals surface area contributed by atoms with Crippen molar-refractivity contribution in [3.05, 3.63) is 133 Å². The molecule has 8 rings (SSSR count). The van der Waals surface area contributed by atoms with Gasteiger partial charge < -0.3 is 37.9 Å². The lowest BCUT2D eigenvalue weighted by Crippen LogP contribution is -2.30. The Bertz CT molecular complexity index is 3050. The molecule has 0 aliphatic heterocycles. The molecule has 1 aromatic heterocycles. The van der Waals surface area contributed by atoms with Crippen molar-refractivity contribution in [3.8, 4) is 34.3 Å². The maximum atomic E-state index is 13.8. The first-order valence-corrected chi connectivity index (χ1v) is 28.8. The van der Waals surface area contributed by atoms with Gasteiger partial charge in [-0.3, -0.25) is 24.0 Å². The van der Waals surface area contributed by atoms with Crippen molar-refractivity contribution >= 4 is 52.6 Å². The summed E-state index contributed by atoms with van der Waals surface area (Å²) in [7, 11) is 0. The molecule has 0 unspecified atom stereocenters. The highest BCUT2D eigenvalue weighted by atomic mass is 16.6. The van der Waals surface area contributed by atoms with E-state index >= 15 is 0 Å². The summed E-state index contributed by atoms with van der Waals surface area (Å²) >= 11 is 0. The highest BCUT2D eigenvalue weighted by molar-refractivity contribution is 6.20. The van der Waals surface area contributed by atoms with Crippen molar-refractivity contribution in [2.45, 2.75) is 141 Å². The number of fused-ring (bicyclic) bond motifs is 4. The van der Waals surface area contributed by atoms with E-state index in [0.717, 1.165) is 86.1 Å². The van der Waals surface area contributed by atoms with Gasteiger partial charge in [-0.15, -0.1) is 0 Å². The summed E-state index contributed by atoms with van der Waals surface area (Å²) in [6.45, 7) is 8.69. The highest BCUT2D eigenvalue weighted by Gasteiger charge is 2.35. The minimum atomic E-state index is -0.496. The maximum Gasteiger partial charge on any atom is 0.330 e. The molecule has 82 heavy (non-hydrogen) atoms. The lowest BCUT2D eigenvalue weighted by Gasteiger charge is -2.27. The number of hydrogen-bond acceptors (Lipinski definition) is 17. The Hall–Kier alpha value is -8.21. The zero-order valence-electron chi connectivity index (χ0n) is 46.4. The third-order valence-corrected chi connectivity index (χ3v) is 14.9. The van der Waals surface area contributed by atoms with E-state index in [-0.39, 0.29) is 71.0 Å². The molecule has 1 heterocycles. The van der Waals surface area contributed by atoms with Gasteiger partial charge in [0.25, 0.3) is 0 Å². The lowest BCUT2D eigenvalue weighted by molar-refractivity contribution is -0.153. The van der Waals surface area contributed by atoms with Gasteiger partial charge in [0.2, 0.25) is 5.78 Å². The average Bonchev–Trinajstić information content (AvgIpc) is 3.99. The summed E-state index contributed by atoms with van der Waals surface area (Å²) in [5.41, 5.74) is 3.68. The summed E-state index contributed by atoms with van der Waals surface area (Å²) in [5, 5.41) is 0. The van der Waals surface area contributed by atoms with E-state index in [1.165, 1.54) is 12.1 Å². The van der Waals surface area contributed by atoms with Crippen LogP contribution in [0.4, 0.5) is 0 Å². The Balaban J connectivity index is 0.769. The number of aromatic nitrogens is 2. The zero-order valence-corrected chi connectivity index (χ0v) is 46.4. The molecule has 0 radical (unpaired) electrons. The van der Waals surface area contributed by atoms with Crippen LogP contribution < -0.4 is 18.9 Å². The molecule has 4 aromatic carbocycles. The second-order valence-corrected chi connectivity index (χ2v) is 20.9. The summed E-state index contributed by atoms with van der Waals surface area (Å²) < 4.78 is 45.4. The number of hydrogen-bond donors (Lipinski definition) is 0. The van der Waals surface area contributed by atoms with Crippen molar-refractivity contribution in [1.29, 1.82) is 0 Å². The van der Waals surface area contributed by atoms with Gasteiger partial charge in [0, 0.05) is 36.1 Å². The molecule has 0 atom stereocenters. The minimum Gasteiger partial charge on any atom is -0.494 e. The largest absolute Gasteiger partial charge is 0.494 e. The molecule has 0 spiro atoms. The second-order valence-electron chi connectivity index (χ2n) is 20.9. The van der Waals surface area contributed by atoms with Crippen LogP contribution in [0.25, 0.3) is 22.3 Å². The number of aryl methyl sites for hydroxylation is 2. The monoisotopic (exact) mass is 1120 g/mol. The number of rotatable bonds is 30. The van der Waals surface area contributed by atoms with E-state index in [1.807, 2.05) is 48.5 Å². The van der Waals surface area contributed by atoms with Gasteiger partial charge in [-0.25, -0.2) is 19.6 Å². The zero-order chi connectivity index (χ0) is 57.6. The quantitative estimate of drug-likeness (QED) is 0.0135. The lowest BCUT2D eigenvalue weighted by atomic mass is 9.87. The number of ketones is 1. The van der Waals surface area contributed by atoms with Crippen molar-refractivity contribution in [2.24, 2.45) is 11.8 Å². The van der Waals surface area contributed by atoms with Crippen LogP contribution in [0.3, 0.4) is 0 Å². The molecular formula is C65H72N2O15. The van der Waals surface area contributed by atoms with E-state index in [1.54, 1.807) is 24.3 Å².